The van der Waals surface area contributed by atoms with Gasteiger partial charge in [-0.3, -0.25) is 9.78 Å². The van der Waals surface area contributed by atoms with Gasteiger partial charge >= 0.3 is 0 Å². The molecule has 0 radical (unpaired) electrons. The number of benzene rings is 1. The van der Waals surface area contributed by atoms with E-state index in [1.54, 1.807) is 17.5 Å². The van der Waals surface area contributed by atoms with E-state index in [0.29, 0.717) is 13.0 Å². The van der Waals surface area contributed by atoms with E-state index < -0.39 is 0 Å². The number of thiazole rings is 1. The summed E-state index contributed by atoms with van der Waals surface area (Å²) in [6.45, 7) is 2.61. The molecule has 136 valence electrons. The van der Waals surface area contributed by atoms with Crippen molar-refractivity contribution in [1.29, 1.82) is 0 Å². The number of nitrogens with zero attached hydrogens (tertiary/aromatic N) is 2. The van der Waals surface area contributed by atoms with Crippen LogP contribution < -0.4 is 5.32 Å². The summed E-state index contributed by atoms with van der Waals surface area (Å²) in [7, 11) is 0. The molecule has 6 heteroatoms. The Bertz CT molecular complexity index is 1070. The highest BCUT2D eigenvalue weighted by molar-refractivity contribution is 7.15. The third-order valence-electron chi connectivity index (χ3n) is 4.48. The first-order valence-corrected chi connectivity index (χ1v) is 9.72. The van der Waals surface area contributed by atoms with Gasteiger partial charge in [0, 0.05) is 41.1 Å². The predicted molar refractivity (Wildman–Crippen MR) is 109 cm³/mol. The molecule has 3 heterocycles. The van der Waals surface area contributed by atoms with Gasteiger partial charge in [0.25, 0.3) is 0 Å². The maximum atomic E-state index is 12.3. The number of aromatic amines is 1. The molecule has 0 spiro atoms. The number of hydrogen-bond donors (Lipinski definition) is 2. The number of pyridine rings is 1. The Kier molecular flexibility index (Phi) is 4.98. The van der Waals surface area contributed by atoms with Gasteiger partial charge in [0.2, 0.25) is 5.91 Å². The van der Waals surface area contributed by atoms with Crippen molar-refractivity contribution in [2.75, 3.05) is 6.54 Å². The van der Waals surface area contributed by atoms with E-state index in [0.717, 1.165) is 39.3 Å². The van der Waals surface area contributed by atoms with Crippen LogP contribution >= 0.6 is 11.3 Å². The minimum absolute atomic E-state index is 0.0341. The van der Waals surface area contributed by atoms with Crippen LogP contribution in [0.15, 0.2) is 54.9 Å². The van der Waals surface area contributed by atoms with Crippen molar-refractivity contribution in [3.63, 3.8) is 0 Å². The summed E-state index contributed by atoms with van der Waals surface area (Å²) >= 11 is 1.64. The number of H-pyrrole nitrogens is 1. The smallest absolute Gasteiger partial charge is 0.224 e. The number of amides is 1. The second kappa shape index (κ2) is 7.72. The van der Waals surface area contributed by atoms with E-state index in [9.17, 15) is 4.79 Å². The van der Waals surface area contributed by atoms with Crippen LogP contribution in [0.4, 0.5) is 0 Å². The molecule has 27 heavy (non-hydrogen) atoms. The summed E-state index contributed by atoms with van der Waals surface area (Å²) in [5.74, 6) is 0.0341. The number of hydrogen-bond acceptors (Lipinski definition) is 4. The molecule has 0 fully saturated rings. The lowest BCUT2D eigenvalue weighted by Gasteiger charge is -2.04. The lowest BCUT2D eigenvalue weighted by atomic mass is 10.1. The lowest BCUT2D eigenvalue weighted by molar-refractivity contribution is -0.120. The van der Waals surface area contributed by atoms with Crippen LogP contribution in [0.25, 0.3) is 21.6 Å². The average molecular weight is 376 g/mol. The van der Waals surface area contributed by atoms with Crippen LogP contribution in [-0.2, 0) is 17.6 Å². The van der Waals surface area contributed by atoms with Crippen molar-refractivity contribution in [3.8, 4) is 10.7 Å². The van der Waals surface area contributed by atoms with Gasteiger partial charge in [-0.25, -0.2) is 4.98 Å². The predicted octanol–water partition coefficient (Wildman–Crippen LogP) is 3.90. The second-order valence-corrected chi connectivity index (χ2v) is 7.46. The van der Waals surface area contributed by atoms with Crippen molar-refractivity contribution in [2.45, 2.75) is 19.8 Å². The molecule has 4 aromatic rings. The van der Waals surface area contributed by atoms with E-state index in [2.05, 4.69) is 20.3 Å². The largest absolute Gasteiger partial charge is 0.361 e. The van der Waals surface area contributed by atoms with Crippen LogP contribution in [0.2, 0.25) is 0 Å². The quantitative estimate of drug-likeness (QED) is 0.536. The minimum Gasteiger partial charge on any atom is -0.361 e. The van der Waals surface area contributed by atoms with E-state index in [-0.39, 0.29) is 5.91 Å². The maximum absolute atomic E-state index is 12.3. The Morgan fingerprint density at radius 1 is 1.19 bits per heavy atom. The van der Waals surface area contributed by atoms with Crippen molar-refractivity contribution in [2.24, 2.45) is 0 Å². The molecule has 5 nitrogen and oxygen atoms in total. The zero-order valence-electron chi connectivity index (χ0n) is 15.0. The van der Waals surface area contributed by atoms with Gasteiger partial charge in [0.05, 0.1) is 17.8 Å². The number of carbonyl (C=O) groups is 1. The van der Waals surface area contributed by atoms with Gasteiger partial charge in [-0.15, -0.1) is 11.3 Å². The average Bonchev–Trinajstić information content (AvgIpc) is 3.27. The second-order valence-electron chi connectivity index (χ2n) is 6.38. The Balaban J connectivity index is 1.34. The summed E-state index contributed by atoms with van der Waals surface area (Å²) in [5.41, 5.74) is 3.98. The molecule has 0 aliphatic heterocycles. The van der Waals surface area contributed by atoms with Gasteiger partial charge < -0.3 is 10.3 Å². The first-order chi connectivity index (χ1) is 13.2. The monoisotopic (exact) mass is 376 g/mol. The van der Waals surface area contributed by atoms with E-state index in [1.165, 1.54) is 4.88 Å². The molecule has 1 amide bonds. The number of aromatic nitrogens is 3. The molecule has 1 aromatic carbocycles. The Hall–Kier alpha value is -2.99. The summed E-state index contributed by atoms with van der Waals surface area (Å²) in [4.78, 5) is 25.7. The number of rotatable bonds is 6. The fourth-order valence-corrected chi connectivity index (χ4v) is 4.13. The van der Waals surface area contributed by atoms with Crippen LogP contribution in [0, 0.1) is 6.92 Å². The van der Waals surface area contributed by atoms with Crippen LogP contribution in [0.3, 0.4) is 0 Å². The molecule has 0 saturated carbocycles. The van der Waals surface area contributed by atoms with Gasteiger partial charge in [-0.2, -0.15) is 0 Å². The molecular weight excluding hydrogens is 356 g/mol. The SMILES string of the molecule is Cc1nc(-c2ccccn2)sc1CCNC(=O)Cc1c[nH]c2ccccc12. The van der Waals surface area contributed by atoms with Crippen molar-refractivity contribution >= 4 is 28.1 Å². The lowest BCUT2D eigenvalue weighted by Crippen LogP contribution is -2.27. The number of carbonyl (C=O) groups excluding carboxylic acids is 1. The first kappa shape index (κ1) is 17.4. The first-order valence-electron chi connectivity index (χ1n) is 8.90. The molecular formula is C21H20N4OS. The number of aryl methyl sites for hydroxylation is 1. The fourth-order valence-electron chi connectivity index (χ4n) is 3.09. The number of fused-ring (bicyclic) bond motifs is 1. The van der Waals surface area contributed by atoms with Gasteiger partial charge in [0.15, 0.2) is 0 Å². The Morgan fingerprint density at radius 2 is 2.04 bits per heavy atom. The summed E-state index contributed by atoms with van der Waals surface area (Å²) in [5, 5.41) is 5.05. The van der Waals surface area contributed by atoms with Crippen molar-refractivity contribution in [3.05, 3.63) is 71.0 Å². The normalized spacial score (nSPS) is 11.0. The summed E-state index contributed by atoms with van der Waals surface area (Å²) in [6, 6.07) is 13.8. The summed E-state index contributed by atoms with van der Waals surface area (Å²) < 4.78 is 0. The van der Waals surface area contributed by atoms with E-state index in [1.807, 2.05) is 55.6 Å². The molecule has 0 atom stereocenters. The van der Waals surface area contributed by atoms with Crippen LogP contribution in [0.1, 0.15) is 16.1 Å². The van der Waals surface area contributed by atoms with Gasteiger partial charge in [-0.1, -0.05) is 24.3 Å². The van der Waals surface area contributed by atoms with E-state index in [4.69, 9.17) is 0 Å². The fraction of sp³-hybridized carbons (Fsp3) is 0.190. The molecule has 4 rings (SSSR count). The Morgan fingerprint density at radius 3 is 2.89 bits per heavy atom. The highest BCUT2D eigenvalue weighted by Crippen LogP contribution is 2.26. The third-order valence-corrected chi connectivity index (χ3v) is 5.72. The highest BCUT2D eigenvalue weighted by Gasteiger charge is 2.12. The van der Waals surface area contributed by atoms with Gasteiger partial charge in [0.1, 0.15) is 5.01 Å². The molecule has 2 N–H and O–H groups in total. The van der Waals surface area contributed by atoms with Crippen molar-refractivity contribution < 1.29 is 4.79 Å². The van der Waals surface area contributed by atoms with E-state index >= 15 is 0 Å². The number of nitrogens with one attached hydrogen (secondary N) is 2. The molecule has 3 aromatic heterocycles. The molecule has 0 aliphatic rings. The minimum atomic E-state index is 0.0341. The van der Waals surface area contributed by atoms with Gasteiger partial charge in [-0.05, 0) is 30.7 Å². The third kappa shape index (κ3) is 3.90. The zero-order valence-corrected chi connectivity index (χ0v) is 15.8. The Labute approximate surface area is 161 Å². The number of para-hydroxylation sites is 1. The molecule has 0 saturated heterocycles. The molecule has 0 unspecified atom stereocenters. The molecule has 0 aliphatic carbocycles. The summed E-state index contributed by atoms with van der Waals surface area (Å²) in [6.07, 6.45) is 4.84. The highest BCUT2D eigenvalue weighted by atomic mass is 32.1. The topological polar surface area (TPSA) is 70.7 Å². The standard InChI is InChI=1S/C21H20N4OS/c1-14-19(27-21(25-14)18-8-4-5-10-22-18)9-11-23-20(26)12-15-13-24-17-7-3-2-6-16(15)17/h2-8,10,13,24H,9,11-12H2,1H3,(H,23,26). The molecule has 0 bridgehead atoms. The maximum Gasteiger partial charge on any atom is 0.224 e. The zero-order chi connectivity index (χ0) is 18.6. The van der Waals surface area contributed by atoms with Crippen LogP contribution in [0.5, 0.6) is 0 Å². The van der Waals surface area contributed by atoms with Crippen molar-refractivity contribution in [1.82, 2.24) is 20.3 Å². The van der Waals surface area contributed by atoms with Crippen LogP contribution in [-0.4, -0.2) is 27.4 Å².